The van der Waals surface area contributed by atoms with E-state index < -0.39 is 0 Å². The van der Waals surface area contributed by atoms with Gasteiger partial charge in [-0.25, -0.2) is 9.37 Å². The molecular weight excluding hydrogens is 386 g/mol. The van der Waals surface area contributed by atoms with E-state index >= 15 is 0 Å². The fourth-order valence-electron chi connectivity index (χ4n) is 2.15. The average Bonchev–Trinajstić information content (AvgIpc) is 2.87. The van der Waals surface area contributed by atoms with E-state index in [1.807, 2.05) is 12.1 Å². The number of benzene rings is 2. The highest BCUT2D eigenvalue weighted by molar-refractivity contribution is 14.1. The minimum absolute atomic E-state index is 0.261. The fourth-order valence-corrected chi connectivity index (χ4v) is 2.88. The van der Waals surface area contributed by atoms with E-state index in [1.165, 1.54) is 12.1 Å². The molecule has 0 atom stereocenters. The van der Waals surface area contributed by atoms with E-state index in [0.717, 1.165) is 20.2 Å². The van der Waals surface area contributed by atoms with E-state index in [-0.39, 0.29) is 5.82 Å². The highest BCUT2D eigenvalue weighted by Gasteiger charge is 2.13. The van der Waals surface area contributed by atoms with Crippen molar-refractivity contribution in [2.75, 3.05) is 14.2 Å². The second-order valence-electron chi connectivity index (χ2n) is 4.43. The van der Waals surface area contributed by atoms with Crippen LogP contribution in [0.25, 0.3) is 22.4 Å². The van der Waals surface area contributed by atoms with E-state index in [9.17, 15) is 4.39 Å². The minimum Gasteiger partial charge on any atom is -0.493 e. The second-order valence-corrected chi connectivity index (χ2v) is 5.60. The molecule has 0 spiro atoms. The van der Waals surface area contributed by atoms with Crippen molar-refractivity contribution in [2.24, 2.45) is 0 Å². The lowest BCUT2D eigenvalue weighted by Crippen LogP contribution is -1.89. The molecule has 1 N–H and O–H groups in total. The zero-order chi connectivity index (χ0) is 15.0. The van der Waals surface area contributed by atoms with Crippen LogP contribution >= 0.6 is 22.6 Å². The van der Waals surface area contributed by atoms with Crippen molar-refractivity contribution in [1.29, 1.82) is 0 Å². The summed E-state index contributed by atoms with van der Waals surface area (Å²) in [5, 5.41) is 0. The average molecular weight is 398 g/mol. The number of nitrogens with one attached hydrogen (secondary N) is 1. The highest BCUT2D eigenvalue weighted by atomic mass is 127. The zero-order valence-corrected chi connectivity index (χ0v) is 13.6. The Bertz CT molecular complexity index is 776. The molecule has 0 amide bonds. The zero-order valence-electron chi connectivity index (χ0n) is 11.4. The number of aromatic amines is 1. The van der Waals surface area contributed by atoms with Gasteiger partial charge in [0.1, 0.15) is 11.6 Å². The number of H-pyrrole nitrogens is 1. The first-order valence-electron chi connectivity index (χ1n) is 6.19. The van der Waals surface area contributed by atoms with Crippen LogP contribution in [-0.4, -0.2) is 24.2 Å². The standard InChI is InChI=1S/C15H12FIN2O2/c1-20-13-6-11-12(7-14(13)21-2)19-15(18-11)9-4-3-8(16)5-10(9)17/h3-7H,1-2H3,(H,18,19). The number of imidazole rings is 1. The molecule has 0 radical (unpaired) electrons. The molecule has 4 nitrogen and oxygen atoms in total. The summed E-state index contributed by atoms with van der Waals surface area (Å²) in [4.78, 5) is 7.76. The van der Waals surface area contributed by atoms with Gasteiger partial charge < -0.3 is 14.5 Å². The fraction of sp³-hybridized carbons (Fsp3) is 0.133. The number of nitrogens with zero attached hydrogens (tertiary/aromatic N) is 1. The van der Waals surface area contributed by atoms with Crippen LogP contribution in [0, 0.1) is 9.39 Å². The Balaban J connectivity index is 2.16. The first-order valence-corrected chi connectivity index (χ1v) is 7.27. The Morgan fingerprint density at radius 2 is 1.81 bits per heavy atom. The van der Waals surface area contributed by atoms with Crippen LogP contribution in [-0.2, 0) is 0 Å². The molecule has 0 aliphatic rings. The molecule has 0 fully saturated rings. The van der Waals surface area contributed by atoms with Gasteiger partial charge in [0.05, 0.1) is 25.3 Å². The van der Waals surface area contributed by atoms with Crippen molar-refractivity contribution in [1.82, 2.24) is 9.97 Å². The lowest BCUT2D eigenvalue weighted by atomic mass is 10.2. The lowest BCUT2D eigenvalue weighted by molar-refractivity contribution is 0.356. The van der Waals surface area contributed by atoms with Gasteiger partial charge in [-0.05, 0) is 40.8 Å². The number of rotatable bonds is 3. The van der Waals surface area contributed by atoms with E-state index in [2.05, 4.69) is 32.6 Å². The smallest absolute Gasteiger partial charge is 0.163 e. The summed E-state index contributed by atoms with van der Waals surface area (Å²) in [6.07, 6.45) is 0. The molecule has 0 aliphatic heterocycles. The van der Waals surface area contributed by atoms with Crippen molar-refractivity contribution in [2.45, 2.75) is 0 Å². The maximum atomic E-state index is 13.2. The van der Waals surface area contributed by atoms with Crippen LogP contribution in [0.4, 0.5) is 4.39 Å². The van der Waals surface area contributed by atoms with Crippen LogP contribution in [0.1, 0.15) is 0 Å². The molecule has 3 aromatic rings. The number of hydrogen-bond donors (Lipinski definition) is 1. The predicted octanol–water partition coefficient (Wildman–Crippen LogP) is 3.99. The lowest BCUT2D eigenvalue weighted by Gasteiger charge is -2.06. The maximum Gasteiger partial charge on any atom is 0.163 e. The van der Waals surface area contributed by atoms with Crippen LogP contribution in [0.3, 0.4) is 0 Å². The Morgan fingerprint density at radius 3 is 2.48 bits per heavy atom. The maximum absolute atomic E-state index is 13.2. The molecular formula is C15H12FIN2O2. The van der Waals surface area contributed by atoms with Crippen LogP contribution in [0.5, 0.6) is 11.5 Å². The van der Waals surface area contributed by atoms with Gasteiger partial charge in [0.15, 0.2) is 11.5 Å². The molecule has 1 heterocycles. The summed E-state index contributed by atoms with van der Waals surface area (Å²) in [6.45, 7) is 0. The Morgan fingerprint density at radius 1 is 1.10 bits per heavy atom. The Hall–Kier alpha value is -1.83. The normalized spacial score (nSPS) is 10.9. The van der Waals surface area contributed by atoms with Crippen molar-refractivity contribution in [3.63, 3.8) is 0 Å². The van der Waals surface area contributed by atoms with Gasteiger partial charge in [0.25, 0.3) is 0 Å². The number of methoxy groups -OCH3 is 2. The number of hydrogen-bond acceptors (Lipinski definition) is 3. The largest absolute Gasteiger partial charge is 0.493 e. The summed E-state index contributed by atoms with van der Waals surface area (Å²) in [6, 6.07) is 8.25. The second kappa shape index (κ2) is 5.51. The van der Waals surface area contributed by atoms with Crippen LogP contribution in [0.2, 0.25) is 0 Å². The first-order chi connectivity index (χ1) is 10.1. The van der Waals surface area contributed by atoms with Crippen molar-refractivity contribution < 1.29 is 13.9 Å². The van der Waals surface area contributed by atoms with Crippen LogP contribution < -0.4 is 9.47 Å². The third kappa shape index (κ3) is 2.55. The molecule has 0 unspecified atom stereocenters. The third-order valence-electron chi connectivity index (χ3n) is 3.17. The van der Waals surface area contributed by atoms with E-state index in [0.29, 0.717) is 17.3 Å². The van der Waals surface area contributed by atoms with Crippen molar-refractivity contribution in [3.05, 3.63) is 39.7 Å². The van der Waals surface area contributed by atoms with Gasteiger partial charge in [0.2, 0.25) is 0 Å². The number of fused-ring (bicyclic) bond motifs is 1. The highest BCUT2D eigenvalue weighted by Crippen LogP contribution is 2.33. The van der Waals surface area contributed by atoms with E-state index in [1.54, 1.807) is 20.3 Å². The quantitative estimate of drug-likeness (QED) is 0.679. The first kappa shape index (κ1) is 14.1. The van der Waals surface area contributed by atoms with Gasteiger partial charge in [0, 0.05) is 21.3 Å². The van der Waals surface area contributed by atoms with Gasteiger partial charge >= 0.3 is 0 Å². The summed E-state index contributed by atoms with van der Waals surface area (Å²) >= 11 is 2.09. The predicted molar refractivity (Wildman–Crippen MR) is 87.3 cm³/mol. The third-order valence-corrected chi connectivity index (χ3v) is 4.07. The summed E-state index contributed by atoms with van der Waals surface area (Å²) in [5.74, 6) is 1.68. The van der Waals surface area contributed by atoms with Gasteiger partial charge in [-0.2, -0.15) is 0 Å². The monoisotopic (exact) mass is 398 g/mol. The number of halogens is 2. The minimum atomic E-state index is -0.261. The molecule has 1 aromatic heterocycles. The van der Waals surface area contributed by atoms with E-state index in [4.69, 9.17) is 9.47 Å². The topological polar surface area (TPSA) is 47.1 Å². The van der Waals surface area contributed by atoms with Crippen molar-refractivity contribution >= 4 is 33.6 Å². The number of aromatic nitrogens is 2. The molecule has 21 heavy (non-hydrogen) atoms. The molecule has 2 aromatic carbocycles. The van der Waals surface area contributed by atoms with Gasteiger partial charge in [-0.15, -0.1) is 0 Å². The van der Waals surface area contributed by atoms with Crippen LogP contribution in [0.15, 0.2) is 30.3 Å². The van der Waals surface area contributed by atoms with Gasteiger partial charge in [-0.1, -0.05) is 0 Å². The molecule has 3 rings (SSSR count). The van der Waals surface area contributed by atoms with Crippen molar-refractivity contribution in [3.8, 4) is 22.9 Å². The molecule has 6 heteroatoms. The number of ether oxygens (including phenoxy) is 2. The van der Waals surface area contributed by atoms with Gasteiger partial charge in [-0.3, -0.25) is 0 Å². The summed E-state index contributed by atoms with van der Waals surface area (Å²) in [7, 11) is 3.17. The molecule has 108 valence electrons. The molecule has 0 bridgehead atoms. The summed E-state index contributed by atoms with van der Waals surface area (Å²) in [5.41, 5.74) is 2.46. The Kier molecular flexibility index (Phi) is 3.71. The molecule has 0 aliphatic carbocycles. The Labute approximate surface area is 134 Å². The summed E-state index contributed by atoms with van der Waals surface area (Å²) < 4.78 is 24.5. The SMILES string of the molecule is COc1cc2nc(-c3ccc(F)cc3I)[nH]c2cc1OC. The molecule has 0 saturated heterocycles. The molecule has 0 saturated carbocycles.